The molecule has 1 amide bonds. The summed E-state index contributed by atoms with van der Waals surface area (Å²) in [5.41, 5.74) is 0. The number of amides is 1. The molecule has 162 valence electrons. The second-order valence-corrected chi connectivity index (χ2v) is 9.40. The molecule has 1 aromatic carbocycles. The largest absolute Gasteiger partial charge is 0.491 e. The lowest BCUT2D eigenvalue weighted by molar-refractivity contribution is -0.133. The molecule has 8 nitrogen and oxygen atoms in total. The Bertz CT molecular complexity index is 950. The van der Waals surface area contributed by atoms with Crippen molar-refractivity contribution in [1.82, 2.24) is 19.1 Å². The van der Waals surface area contributed by atoms with Crippen molar-refractivity contribution in [2.75, 3.05) is 52.9 Å². The van der Waals surface area contributed by atoms with Gasteiger partial charge in [0.2, 0.25) is 15.9 Å². The maximum absolute atomic E-state index is 12.6. The van der Waals surface area contributed by atoms with Crippen LogP contribution in [0.4, 0.5) is 0 Å². The van der Waals surface area contributed by atoms with Crippen molar-refractivity contribution in [2.24, 2.45) is 0 Å². The van der Waals surface area contributed by atoms with Crippen LogP contribution in [0.5, 0.6) is 5.75 Å². The molecule has 2 heterocycles. The third-order valence-corrected chi connectivity index (χ3v) is 7.03. The van der Waals surface area contributed by atoms with E-state index in [9.17, 15) is 13.2 Å². The number of rotatable bonds is 8. The van der Waals surface area contributed by atoms with Gasteiger partial charge in [0.15, 0.2) is 0 Å². The summed E-state index contributed by atoms with van der Waals surface area (Å²) >= 11 is 6.08. The molecule has 0 bridgehead atoms. The van der Waals surface area contributed by atoms with Gasteiger partial charge >= 0.3 is 0 Å². The molecule has 2 aromatic rings. The zero-order valence-corrected chi connectivity index (χ0v) is 18.3. The molecular weight excluding hydrogens is 428 g/mol. The molecule has 1 fully saturated rings. The van der Waals surface area contributed by atoms with Gasteiger partial charge in [-0.15, -0.1) is 0 Å². The number of hydrogen-bond acceptors (Lipinski definition) is 6. The second-order valence-electron chi connectivity index (χ2n) is 6.95. The van der Waals surface area contributed by atoms with Gasteiger partial charge in [0, 0.05) is 52.2 Å². The number of hydrogen-bond donors (Lipinski definition) is 0. The fourth-order valence-electron chi connectivity index (χ4n) is 3.12. The van der Waals surface area contributed by atoms with E-state index in [-0.39, 0.29) is 17.3 Å². The first kappa shape index (κ1) is 22.5. The summed E-state index contributed by atoms with van der Waals surface area (Å²) in [6, 6.07) is 10.4. The standard InChI is InChI=1S/C20H25ClN4O4S/c1-23(30(27,28)17-5-4-8-22-15-17)16-20(26)25-11-9-24(10-12-25)13-14-29-19-7-3-2-6-18(19)21/h2-8,15H,9-14,16H2,1H3. The van der Waals surface area contributed by atoms with Gasteiger partial charge in [0.05, 0.1) is 11.6 Å². The van der Waals surface area contributed by atoms with Gasteiger partial charge in [0.1, 0.15) is 17.3 Å². The highest BCUT2D eigenvalue weighted by Gasteiger charge is 2.27. The first-order chi connectivity index (χ1) is 14.4. The summed E-state index contributed by atoms with van der Waals surface area (Å²) in [5, 5.41) is 0.582. The number of carbonyl (C=O) groups excluding carboxylic acids is 1. The Labute approximate surface area is 182 Å². The molecule has 1 saturated heterocycles. The lowest BCUT2D eigenvalue weighted by atomic mass is 10.3. The number of likely N-dealkylation sites (N-methyl/N-ethyl adjacent to an activating group) is 1. The van der Waals surface area contributed by atoms with Gasteiger partial charge < -0.3 is 9.64 Å². The highest BCUT2D eigenvalue weighted by molar-refractivity contribution is 7.89. The monoisotopic (exact) mass is 452 g/mol. The van der Waals surface area contributed by atoms with Crippen molar-refractivity contribution in [3.8, 4) is 5.75 Å². The van der Waals surface area contributed by atoms with Crippen LogP contribution in [0.3, 0.4) is 0 Å². The molecule has 0 unspecified atom stereocenters. The molecule has 0 atom stereocenters. The van der Waals surface area contributed by atoms with Crippen molar-refractivity contribution < 1.29 is 17.9 Å². The van der Waals surface area contributed by atoms with Gasteiger partial charge in [-0.1, -0.05) is 23.7 Å². The molecule has 1 aliphatic rings. The normalized spacial score (nSPS) is 15.4. The summed E-state index contributed by atoms with van der Waals surface area (Å²) < 4.78 is 31.9. The molecule has 1 aliphatic heterocycles. The quantitative estimate of drug-likeness (QED) is 0.604. The molecule has 0 spiro atoms. The number of ether oxygens (including phenoxy) is 1. The van der Waals surface area contributed by atoms with E-state index in [1.807, 2.05) is 18.2 Å². The van der Waals surface area contributed by atoms with E-state index in [0.717, 1.165) is 10.8 Å². The van der Waals surface area contributed by atoms with E-state index >= 15 is 0 Å². The predicted molar refractivity (Wildman–Crippen MR) is 114 cm³/mol. The number of halogens is 1. The van der Waals surface area contributed by atoms with Crippen LogP contribution in [0.15, 0.2) is 53.7 Å². The zero-order chi connectivity index (χ0) is 21.6. The molecule has 10 heteroatoms. The van der Waals surface area contributed by atoms with Gasteiger partial charge in [0.25, 0.3) is 0 Å². The van der Waals surface area contributed by atoms with E-state index < -0.39 is 10.0 Å². The number of para-hydroxylation sites is 1. The summed E-state index contributed by atoms with van der Waals surface area (Å²) in [7, 11) is -2.33. The van der Waals surface area contributed by atoms with Crippen LogP contribution in [0.1, 0.15) is 0 Å². The van der Waals surface area contributed by atoms with Crippen molar-refractivity contribution in [3.05, 3.63) is 53.8 Å². The van der Waals surface area contributed by atoms with E-state index in [0.29, 0.717) is 43.6 Å². The lowest BCUT2D eigenvalue weighted by Crippen LogP contribution is -2.51. The summed E-state index contributed by atoms with van der Waals surface area (Å²) in [6.45, 7) is 3.53. The number of pyridine rings is 1. The zero-order valence-electron chi connectivity index (χ0n) is 16.8. The fourth-order valence-corrected chi connectivity index (χ4v) is 4.40. The Kier molecular flexibility index (Phi) is 7.65. The summed E-state index contributed by atoms with van der Waals surface area (Å²) in [4.78, 5) is 20.4. The summed E-state index contributed by atoms with van der Waals surface area (Å²) in [6.07, 6.45) is 2.78. The van der Waals surface area contributed by atoms with Crippen LogP contribution in [0, 0.1) is 0 Å². The number of aromatic nitrogens is 1. The topological polar surface area (TPSA) is 83.1 Å². The summed E-state index contributed by atoms with van der Waals surface area (Å²) in [5.74, 6) is 0.447. The number of piperazine rings is 1. The van der Waals surface area contributed by atoms with Crippen molar-refractivity contribution >= 4 is 27.5 Å². The Morgan fingerprint density at radius 2 is 1.90 bits per heavy atom. The number of carbonyl (C=O) groups is 1. The average Bonchev–Trinajstić information content (AvgIpc) is 2.76. The van der Waals surface area contributed by atoms with Crippen LogP contribution >= 0.6 is 11.6 Å². The molecule has 3 rings (SSSR count). The minimum atomic E-state index is -3.74. The van der Waals surface area contributed by atoms with Crippen LogP contribution in [0.2, 0.25) is 5.02 Å². The highest BCUT2D eigenvalue weighted by atomic mass is 35.5. The lowest BCUT2D eigenvalue weighted by Gasteiger charge is -2.35. The Balaban J connectivity index is 1.43. The molecule has 1 aromatic heterocycles. The first-order valence-corrected chi connectivity index (χ1v) is 11.4. The SMILES string of the molecule is CN(CC(=O)N1CCN(CCOc2ccccc2Cl)CC1)S(=O)(=O)c1cccnc1. The maximum atomic E-state index is 12.6. The Hall–Kier alpha value is -2.20. The highest BCUT2D eigenvalue weighted by Crippen LogP contribution is 2.23. The maximum Gasteiger partial charge on any atom is 0.244 e. The van der Waals surface area contributed by atoms with Crippen LogP contribution in [-0.4, -0.2) is 86.3 Å². The predicted octanol–water partition coefficient (Wildman–Crippen LogP) is 1.58. The fraction of sp³-hybridized carbons (Fsp3) is 0.400. The van der Waals surface area contributed by atoms with Crippen molar-refractivity contribution in [1.29, 1.82) is 0 Å². The van der Waals surface area contributed by atoms with E-state index in [1.165, 1.54) is 25.5 Å². The van der Waals surface area contributed by atoms with Crippen molar-refractivity contribution in [2.45, 2.75) is 4.90 Å². The third-order valence-electron chi connectivity index (χ3n) is 4.93. The van der Waals surface area contributed by atoms with E-state index in [4.69, 9.17) is 16.3 Å². The van der Waals surface area contributed by atoms with Gasteiger partial charge in [-0.05, 0) is 24.3 Å². The molecule has 30 heavy (non-hydrogen) atoms. The minimum Gasteiger partial charge on any atom is -0.491 e. The molecule has 0 radical (unpaired) electrons. The molecule has 0 aliphatic carbocycles. The van der Waals surface area contributed by atoms with Crippen LogP contribution < -0.4 is 4.74 Å². The van der Waals surface area contributed by atoms with Gasteiger partial charge in [-0.25, -0.2) is 8.42 Å². The van der Waals surface area contributed by atoms with Gasteiger partial charge in [-0.3, -0.25) is 14.7 Å². The third kappa shape index (κ3) is 5.69. The number of sulfonamides is 1. The minimum absolute atomic E-state index is 0.0728. The molecule has 0 saturated carbocycles. The molecular formula is C20H25ClN4O4S. The first-order valence-electron chi connectivity index (χ1n) is 9.62. The number of nitrogens with zero attached hydrogens (tertiary/aromatic N) is 4. The Morgan fingerprint density at radius 1 is 1.17 bits per heavy atom. The van der Waals surface area contributed by atoms with Crippen molar-refractivity contribution in [3.63, 3.8) is 0 Å². The van der Waals surface area contributed by atoms with E-state index in [1.54, 1.807) is 17.0 Å². The number of benzene rings is 1. The second kappa shape index (κ2) is 10.2. The van der Waals surface area contributed by atoms with Gasteiger partial charge in [-0.2, -0.15) is 4.31 Å². The average molecular weight is 453 g/mol. The van der Waals surface area contributed by atoms with E-state index in [2.05, 4.69) is 9.88 Å². The smallest absolute Gasteiger partial charge is 0.244 e. The Morgan fingerprint density at radius 3 is 2.57 bits per heavy atom. The van der Waals surface area contributed by atoms with Crippen LogP contribution in [0.25, 0.3) is 0 Å². The molecule has 0 N–H and O–H groups in total. The van der Waals surface area contributed by atoms with Crippen LogP contribution in [-0.2, 0) is 14.8 Å².